The van der Waals surface area contributed by atoms with Gasteiger partial charge in [0.1, 0.15) is 12.1 Å². The van der Waals surface area contributed by atoms with Crippen LogP contribution in [0.1, 0.15) is 19.5 Å². The second-order valence-corrected chi connectivity index (χ2v) is 4.19. The highest BCUT2D eigenvalue weighted by atomic mass is 16.3. The van der Waals surface area contributed by atoms with Crippen LogP contribution in [0.4, 0.5) is 5.82 Å². The zero-order chi connectivity index (χ0) is 10.8. The van der Waals surface area contributed by atoms with Gasteiger partial charge >= 0.3 is 0 Å². The highest BCUT2D eigenvalue weighted by Crippen LogP contribution is 2.12. The number of rotatable bonds is 3. The molecule has 0 saturated carbocycles. The van der Waals surface area contributed by atoms with Crippen LogP contribution in [0, 0.1) is 6.92 Å². The zero-order valence-electron chi connectivity index (χ0n) is 9.15. The Kier molecular flexibility index (Phi) is 3.06. The molecule has 0 saturated heterocycles. The summed E-state index contributed by atoms with van der Waals surface area (Å²) in [6.07, 6.45) is 1.53. The van der Waals surface area contributed by atoms with E-state index in [0.29, 0.717) is 6.54 Å². The maximum absolute atomic E-state index is 9.63. The topological polar surface area (TPSA) is 49.2 Å². The maximum Gasteiger partial charge on any atom is 0.132 e. The Morgan fingerprint density at radius 2 is 2.07 bits per heavy atom. The molecule has 1 N–H and O–H groups in total. The van der Waals surface area contributed by atoms with Crippen LogP contribution in [0.15, 0.2) is 12.4 Å². The van der Waals surface area contributed by atoms with Gasteiger partial charge < -0.3 is 10.0 Å². The number of aliphatic hydroxyl groups is 1. The minimum atomic E-state index is -0.715. The monoisotopic (exact) mass is 195 g/mol. The molecule has 14 heavy (non-hydrogen) atoms. The minimum Gasteiger partial charge on any atom is -0.389 e. The molecular weight excluding hydrogens is 178 g/mol. The minimum absolute atomic E-state index is 0.545. The maximum atomic E-state index is 9.63. The van der Waals surface area contributed by atoms with Gasteiger partial charge in [0, 0.05) is 25.4 Å². The van der Waals surface area contributed by atoms with E-state index in [1.54, 1.807) is 13.8 Å². The molecule has 0 unspecified atom stereocenters. The molecule has 1 aromatic rings. The van der Waals surface area contributed by atoms with E-state index in [0.717, 1.165) is 11.5 Å². The molecule has 0 aliphatic heterocycles. The molecule has 4 heteroatoms. The van der Waals surface area contributed by atoms with Gasteiger partial charge in [-0.15, -0.1) is 0 Å². The van der Waals surface area contributed by atoms with E-state index < -0.39 is 5.60 Å². The lowest BCUT2D eigenvalue weighted by atomic mass is 10.1. The number of nitrogens with zero attached hydrogens (tertiary/aromatic N) is 3. The molecular formula is C10H17N3O. The number of likely N-dealkylation sites (N-methyl/N-ethyl adjacent to an activating group) is 1. The molecule has 1 aromatic heterocycles. The third-order valence-electron chi connectivity index (χ3n) is 1.80. The Morgan fingerprint density at radius 1 is 1.43 bits per heavy atom. The molecule has 0 aliphatic carbocycles. The van der Waals surface area contributed by atoms with Crippen molar-refractivity contribution in [2.75, 3.05) is 18.5 Å². The first-order valence-corrected chi connectivity index (χ1v) is 4.61. The summed E-state index contributed by atoms with van der Waals surface area (Å²) in [4.78, 5) is 10.1. The summed E-state index contributed by atoms with van der Waals surface area (Å²) in [5.74, 6) is 0.833. The molecule has 0 bridgehead atoms. The van der Waals surface area contributed by atoms with Crippen molar-refractivity contribution in [2.24, 2.45) is 0 Å². The lowest BCUT2D eigenvalue weighted by Crippen LogP contribution is -2.36. The first kappa shape index (κ1) is 10.9. The standard InChI is InChI=1S/C10H17N3O/c1-8-5-9(12-7-11-8)13(4)6-10(2,3)14/h5,7,14H,6H2,1-4H3. The predicted octanol–water partition coefficient (Wildman–Crippen LogP) is 0.992. The smallest absolute Gasteiger partial charge is 0.132 e. The SMILES string of the molecule is Cc1cc(N(C)CC(C)(C)O)ncn1. The fourth-order valence-electron chi connectivity index (χ4n) is 1.31. The molecule has 0 aliphatic rings. The van der Waals surface area contributed by atoms with Crippen LogP contribution in [0.3, 0.4) is 0 Å². The van der Waals surface area contributed by atoms with E-state index in [9.17, 15) is 5.11 Å². The lowest BCUT2D eigenvalue weighted by Gasteiger charge is -2.26. The summed E-state index contributed by atoms with van der Waals surface area (Å²) in [6.45, 7) is 6.02. The Balaban J connectivity index is 2.74. The first-order chi connectivity index (χ1) is 6.38. The number of aromatic nitrogens is 2. The van der Waals surface area contributed by atoms with E-state index >= 15 is 0 Å². The third-order valence-corrected chi connectivity index (χ3v) is 1.80. The van der Waals surface area contributed by atoms with Crippen molar-refractivity contribution in [3.63, 3.8) is 0 Å². The van der Waals surface area contributed by atoms with Crippen molar-refractivity contribution >= 4 is 5.82 Å². The van der Waals surface area contributed by atoms with Crippen LogP contribution < -0.4 is 4.90 Å². The average Bonchev–Trinajstić information content (AvgIpc) is 2.01. The van der Waals surface area contributed by atoms with E-state index in [2.05, 4.69) is 9.97 Å². The van der Waals surface area contributed by atoms with E-state index in [-0.39, 0.29) is 0 Å². The van der Waals surface area contributed by atoms with E-state index in [1.807, 2.05) is 24.9 Å². The molecule has 1 rings (SSSR count). The van der Waals surface area contributed by atoms with Crippen LogP contribution in [0.25, 0.3) is 0 Å². The molecule has 0 spiro atoms. The number of hydrogen-bond donors (Lipinski definition) is 1. The van der Waals surface area contributed by atoms with Crippen LogP contribution in [0.2, 0.25) is 0 Å². The Hall–Kier alpha value is -1.16. The second kappa shape index (κ2) is 3.92. The van der Waals surface area contributed by atoms with Gasteiger partial charge in [-0.1, -0.05) is 0 Å². The summed E-state index contributed by atoms with van der Waals surface area (Å²) in [6, 6.07) is 1.89. The number of anilines is 1. The van der Waals surface area contributed by atoms with Gasteiger partial charge in [-0.05, 0) is 20.8 Å². The van der Waals surface area contributed by atoms with Crippen LogP contribution in [-0.2, 0) is 0 Å². The molecule has 0 amide bonds. The Bertz CT molecular complexity index is 306. The van der Waals surface area contributed by atoms with Gasteiger partial charge in [0.05, 0.1) is 5.60 Å². The molecule has 0 radical (unpaired) electrons. The van der Waals surface area contributed by atoms with Crippen molar-refractivity contribution < 1.29 is 5.11 Å². The molecule has 0 atom stereocenters. The van der Waals surface area contributed by atoms with Crippen molar-refractivity contribution in [2.45, 2.75) is 26.4 Å². The van der Waals surface area contributed by atoms with Crippen LogP contribution in [0.5, 0.6) is 0 Å². The van der Waals surface area contributed by atoms with Gasteiger partial charge in [-0.3, -0.25) is 0 Å². The molecule has 4 nitrogen and oxygen atoms in total. The molecule has 0 fully saturated rings. The molecule has 1 heterocycles. The van der Waals surface area contributed by atoms with Crippen molar-refractivity contribution in [3.05, 3.63) is 18.1 Å². The van der Waals surface area contributed by atoms with Crippen molar-refractivity contribution in [3.8, 4) is 0 Å². The van der Waals surface area contributed by atoms with Crippen LogP contribution >= 0.6 is 0 Å². The molecule has 0 aromatic carbocycles. The summed E-state index contributed by atoms with van der Waals surface area (Å²) in [5, 5.41) is 9.63. The number of hydrogen-bond acceptors (Lipinski definition) is 4. The second-order valence-electron chi connectivity index (χ2n) is 4.19. The largest absolute Gasteiger partial charge is 0.389 e. The van der Waals surface area contributed by atoms with E-state index in [4.69, 9.17) is 0 Å². The van der Waals surface area contributed by atoms with Gasteiger partial charge in [0.2, 0.25) is 0 Å². The third kappa shape index (κ3) is 3.30. The fourth-order valence-corrected chi connectivity index (χ4v) is 1.31. The Labute approximate surface area is 84.6 Å². The Morgan fingerprint density at radius 3 is 2.57 bits per heavy atom. The quantitative estimate of drug-likeness (QED) is 0.781. The summed E-state index contributed by atoms with van der Waals surface area (Å²) >= 11 is 0. The first-order valence-electron chi connectivity index (χ1n) is 4.61. The van der Waals surface area contributed by atoms with Gasteiger partial charge in [-0.25, -0.2) is 9.97 Å². The number of aryl methyl sites for hydroxylation is 1. The predicted molar refractivity (Wildman–Crippen MR) is 56.3 cm³/mol. The summed E-state index contributed by atoms with van der Waals surface area (Å²) in [5.41, 5.74) is 0.214. The van der Waals surface area contributed by atoms with E-state index in [1.165, 1.54) is 6.33 Å². The van der Waals surface area contributed by atoms with Crippen LogP contribution in [-0.4, -0.2) is 34.3 Å². The van der Waals surface area contributed by atoms with Gasteiger partial charge in [0.15, 0.2) is 0 Å². The fraction of sp³-hybridized carbons (Fsp3) is 0.600. The normalized spacial score (nSPS) is 11.5. The van der Waals surface area contributed by atoms with Crippen molar-refractivity contribution in [1.29, 1.82) is 0 Å². The van der Waals surface area contributed by atoms with Crippen molar-refractivity contribution in [1.82, 2.24) is 9.97 Å². The average molecular weight is 195 g/mol. The summed E-state index contributed by atoms with van der Waals surface area (Å²) < 4.78 is 0. The lowest BCUT2D eigenvalue weighted by molar-refractivity contribution is 0.0884. The highest BCUT2D eigenvalue weighted by Gasteiger charge is 2.16. The summed E-state index contributed by atoms with van der Waals surface area (Å²) in [7, 11) is 1.90. The zero-order valence-corrected chi connectivity index (χ0v) is 9.15. The highest BCUT2D eigenvalue weighted by molar-refractivity contribution is 5.37. The van der Waals surface area contributed by atoms with Gasteiger partial charge in [0.25, 0.3) is 0 Å². The van der Waals surface area contributed by atoms with Gasteiger partial charge in [-0.2, -0.15) is 0 Å². The molecule has 78 valence electrons.